The molecule has 1 saturated carbocycles. The highest BCUT2D eigenvalue weighted by molar-refractivity contribution is 5.94. The highest BCUT2D eigenvalue weighted by atomic mass is 16.4. The Morgan fingerprint density at radius 2 is 1.77 bits per heavy atom. The molecule has 120 valence electrons. The van der Waals surface area contributed by atoms with Crippen LogP contribution in [0.3, 0.4) is 0 Å². The summed E-state index contributed by atoms with van der Waals surface area (Å²) in [5.74, 6) is -1.44. The van der Waals surface area contributed by atoms with Crippen molar-refractivity contribution in [3.63, 3.8) is 0 Å². The molecule has 0 aliphatic heterocycles. The van der Waals surface area contributed by atoms with E-state index >= 15 is 0 Å². The van der Waals surface area contributed by atoms with Crippen LogP contribution in [0.25, 0.3) is 0 Å². The van der Waals surface area contributed by atoms with Crippen molar-refractivity contribution in [2.75, 3.05) is 6.54 Å². The smallest absolute Gasteiger partial charge is 0.308 e. The fourth-order valence-electron chi connectivity index (χ4n) is 3.03. The Balaban J connectivity index is 2.19. The van der Waals surface area contributed by atoms with Gasteiger partial charge in [-0.15, -0.1) is 0 Å². The maximum absolute atomic E-state index is 12.8. The third kappa shape index (κ3) is 4.09. The summed E-state index contributed by atoms with van der Waals surface area (Å²) in [6, 6.07) is 7.68. The number of rotatable bonds is 5. The van der Waals surface area contributed by atoms with E-state index in [9.17, 15) is 14.7 Å². The van der Waals surface area contributed by atoms with E-state index in [1.54, 1.807) is 11.8 Å². The first-order chi connectivity index (χ1) is 10.5. The highest BCUT2D eigenvalue weighted by Gasteiger charge is 2.29. The predicted octanol–water partition coefficient (Wildman–Crippen LogP) is 3.49. The molecule has 0 aromatic heterocycles. The molecule has 4 heteroatoms. The van der Waals surface area contributed by atoms with Gasteiger partial charge in [0.15, 0.2) is 0 Å². The molecule has 2 rings (SSSR count). The van der Waals surface area contributed by atoms with Gasteiger partial charge < -0.3 is 10.0 Å². The lowest BCUT2D eigenvalue weighted by atomic mass is 9.93. The van der Waals surface area contributed by atoms with Crippen LogP contribution < -0.4 is 0 Å². The Kier molecular flexibility index (Phi) is 5.58. The number of hydrogen-bond donors (Lipinski definition) is 1. The summed E-state index contributed by atoms with van der Waals surface area (Å²) in [4.78, 5) is 25.8. The Bertz CT molecular complexity index is 518. The second-order valence-electron chi connectivity index (χ2n) is 6.35. The molecule has 0 spiro atoms. The second kappa shape index (κ2) is 7.43. The minimum Gasteiger partial charge on any atom is -0.481 e. The number of carboxylic acids is 1. The SMILES string of the molecule is Cc1ccc(C(=O)N(CC(C)C(=O)O)C2CCCCC2)cc1. The van der Waals surface area contributed by atoms with E-state index < -0.39 is 11.9 Å². The van der Waals surface area contributed by atoms with Gasteiger partial charge in [0.2, 0.25) is 0 Å². The number of carbonyl (C=O) groups is 2. The van der Waals surface area contributed by atoms with Gasteiger partial charge in [-0.3, -0.25) is 9.59 Å². The monoisotopic (exact) mass is 303 g/mol. The van der Waals surface area contributed by atoms with Crippen LogP contribution in [-0.4, -0.2) is 34.5 Å². The number of carbonyl (C=O) groups excluding carboxylic acids is 1. The van der Waals surface area contributed by atoms with Gasteiger partial charge in [0.1, 0.15) is 0 Å². The summed E-state index contributed by atoms with van der Waals surface area (Å²) in [7, 11) is 0. The van der Waals surface area contributed by atoms with E-state index in [1.165, 1.54) is 6.42 Å². The average molecular weight is 303 g/mol. The summed E-state index contributed by atoms with van der Waals surface area (Å²) in [6.07, 6.45) is 5.39. The van der Waals surface area contributed by atoms with Gasteiger partial charge in [0.25, 0.3) is 5.91 Å². The van der Waals surface area contributed by atoms with Crippen molar-refractivity contribution in [1.82, 2.24) is 4.90 Å². The van der Waals surface area contributed by atoms with Crippen LogP contribution in [0.15, 0.2) is 24.3 Å². The van der Waals surface area contributed by atoms with E-state index in [2.05, 4.69) is 0 Å². The number of aliphatic carboxylic acids is 1. The standard InChI is InChI=1S/C18H25NO3/c1-13-8-10-15(11-9-13)17(20)19(12-14(2)18(21)22)16-6-4-3-5-7-16/h8-11,14,16H,3-7,12H2,1-2H3,(H,21,22). The summed E-state index contributed by atoms with van der Waals surface area (Å²) >= 11 is 0. The van der Waals surface area contributed by atoms with Crippen LogP contribution in [-0.2, 0) is 4.79 Å². The zero-order chi connectivity index (χ0) is 16.1. The zero-order valence-electron chi connectivity index (χ0n) is 13.4. The Morgan fingerprint density at radius 3 is 2.32 bits per heavy atom. The van der Waals surface area contributed by atoms with E-state index in [4.69, 9.17) is 0 Å². The Morgan fingerprint density at radius 1 is 1.18 bits per heavy atom. The molecular formula is C18H25NO3. The first kappa shape index (κ1) is 16.5. The van der Waals surface area contributed by atoms with E-state index in [0.717, 1.165) is 31.2 Å². The third-order valence-electron chi connectivity index (χ3n) is 4.47. The lowest BCUT2D eigenvalue weighted by Gasteiger charge is -2.35. The van der Waals surface area contributed by atoms with Crippen molar-refractivity contribution < 1.29 is 14.7 Å². The molecule has 1 aromatic rings. The van der Waals surface area contributed by atoms with Gasteiger partial charge in [0.05, 0.1) is 5.92 Å². The quantitative estimate of drug-likeness (QED) is 0.906. The Labute approximate surface area is 132 Å². The fraction of sp³-hybridized carbons (Fsp3) is 0.556. The molecule has 1 atom stereocenters. The first-order valence-corrected chi connectivity index (χ1v) is 8.09. The molecule has 1 amide bonds. The molecule has 0 saturated heterocycles. The second-order valence-corrected chi connectivity index (χ2v) is 6.35. The van der Waals surface area contributed by atoms with E-state index in [-0.39, 0.29) is 18.5 Å². The predicted molar refractivity (Wildman–Crippen MR) is 85.9 cm³/mol. The molecule has 1 fully saturated rings. The number of amides is 1. The van der Waals surface area contributed by atoms with Crippen LogP contribution in [0.1, 0.15) is 54.9 Å². The number of hydrogen-bond acceptors (Lipinski definition) is 2. The van der Waals surface area contributed by atoms with Crippen molar-refractivity contribution in [2.24, 2.45) is 5.92 Å². The van der Waals surface area contributed by atoms with Crippen molar-refractivity contribution in [1.29, 1.82) is 0 Å². The molecule has 1 N–H and O–H groups in total. The van der Waals surface area contributed by atoms with Crippen LogP contribution in [0.2, 0.25) is 0 Å². The number of nitrogens with zero attached hydrogens (tertiary/aromatic N) is 1. The number of carboxylic acid groups (broad SMARTS) is 1. The first-order valence-electron chi connectivity index (χ1n) is 8.09. The lowest BCUT2D eigenvalue weighted by molar-refractivity contribution is -0.141. The fourth-order valence-corrected chi connectivity index (χ4v) is 3.03. The molecule has 0 radical (unpaired) electrons. The molecular weight excluding hydrogens is 278 g/mol. The highest BCUT2D eigenvalue weighted by Crippen LogP contribution is 2.25. The normalized spacial score (nSPS) is 17.0. The zero-order valence-corrected chi connectivity index (χ0v) is 13.4. The third-order valence-corrected chi connectivity index (χ3v) is 4.47. The molecule has 4 nitrogen and oxygen atoms in total. The molecule has 0 bridgehead atoms. The number of aryl methyl sites for hydroxylation is 1. The lowest BCUT2D eigenvalue weighted by Crippen LogP contribution is -2.45. The molecule has 1 aromatic carbocycles. The van der Waals surface area contributed by atoms with E-state index in [0.29, 0.717) is 5.56 Å². The van der Waals surface area contributed by atoms with Gasteiger partial charge >= 0.3 is 5.97 Å². The van der Waals surface area contributed by atoms with Crippen LogP contribution >= 0.6 is 0 Å². The largest absolute Gasteiger partial charge is 0.481 e. The molecule has 22 heavy (non-hydrogen) atoms. The van der Waals surface area contributed by atoms with Crippen molar-refractivity contribution in [3.8, 4) is 0 Å². The van der Waals surface area contributed by atoms with Gasteiger partial charge in [-0.1, -0.05) is 43.9 Å². The summed E-state index contributed by atoms with van der Waals surface area (Å²) in [5, 5.41) is 9.18. The van der Waals surface area contributed by atoms with Crippen molar-refractivity contribution >= 4 is 11.9 Å². The average Bonchev–Trinajstić information content (AvgIpc) is 2.53. The van der Waals surface area contributed by atoms with Crippen LogP contribution in [0.5, 0.6) is 0 Å². The van der Waals surface area contributed by atoms with Crippen LogP contribution in [0.4, 0.5) is 0 Å². The van der Waals surface area contributed by atoms with Crippen molar-refractivity contribution in [3.05, 3.63) is 35.4 Å². The maximum Gasteiger partial charge on any atom is 0.308 e. The van der Waals surface area contributed by atoms with Crippen molar-refractivity contribution in [2.45, 2.75) is 52.0 Å². The molecule has 1 aliphatic rings. The van der Waals surface area contributed by atoms with Gasteiger partial charge in [0, 0.05) is 18.2 Å². The minimum atomic E-state index is -0.850. The number of benzene rings is 1. The topological polar surface area (TPSA) is 57.6 Å². The molecule has 1 aliphatic carbocycles. The summed E-state index contributed by atoms with van der Waals surface area (Å²) in [5.41, 5.74) is 1.76. The van der Waals surface area contributed by atoms with Crippen LogP contribution in [0, 0.1) is 12.8 Å². The van der Waals surface area contributed by atoms with Gasteiger partial charge in [-0.2, -0.15) is 0 Å². The molecule has 0 heterocycles. The summed E-state index contributed by atoms with van der Waals surface area (Å²) in [6.45, 7) is 3.94. The van der Waals surface area contributed by atoms with E-state index in [1.807, 2.05) is 31.2 Å². The maximum atomic E-state index is 12.8. The Hall–Kier alpha value is -1.84. The summed E-state index contributed by atoms with van der Waals surface area (Å²) < 4.78 is 0. The minimum absolute atomic E-state index is 0.0417. The van der Waals surface area contributed by atoms with Gasteiger partial charge in [-0.05, 0) is 31.9 Å². The molecule has 1 unspecified atom stereocenters. The van der Waals surface area contributed by atoms with Gasteiger partial charge in [-0.25, -0.2) is 0 Å².